The quantitative estimate of drug-likeness (QED) is 0.139. The second kappa shape index (κ2) is 14.7. The summed E-state index contributed by atoms with van der Waals surface area (Å²) in [5.74, 6) is 1.36. The first-order valence-corrected chi connectivity index (χ1v) is 15.6. The molecular formula is C36H39N7O3. The minimum Gasteiger partial charge on any atom is -0.493 e. The minimum absolute atomic E-state index is 0.135. The van der Waals surface area contributed by atoms with E-state index in [4.69, 9.17) is 9.47 Å². The third kappa shape index (κ3) is 7.90. The molecule has 1 saturated heterocycles. The number of hydrogen-bond acceptors (Lipinski definition) is 8. The smallest absolute Gasteiger partial charge is 0.262 e. The Hall–Kier alpha value is -5.19. The van der Waals surface area contributed by atoms with Crippen molar-refractivity contribution in [3.63, 3.8) is 0 Å². The summed E-state index contributed by atoms with van der Waals surface area (Å²) in [6.45, 7) is 9.82. The van der Waals surface area contributed by atoms with Crippen LogP contribution in [0, 0.1) is 13.8 Å². The molecule has 10 nitrogen and oxygen atoms in total. The molecule has 1 aliphatic heterocycles. The number of para-hydroxylation sites is 1. The molecule has 0 atom stereocenters. The molecule has 3 N–H and O–H groups in total. The van der Waals surface area contributed by atoms with E-state index in [9.17, 15) is 4.79 Å². The topological polar surface area (TPSA) is 106 Å². The minimum atomic E-state index is -0.362. The first-order chi connectivity index (χ1) is 22.5. The summed E-state index contributed by atoms with van der Waals surface area (Å²) in [6, 6.07) is 25.1. The molecule has 10 heteroatoms. The Balaban J connectivity index is 1.18. The maximum absolute atomic E-state index is 13.6. The third-order valence-electron chi connectivity index (χ3n) is 7.86. The summed E-state index contributed by atoms with van der Waals surface area (Å²) in [6.07, 6.45) is 6.39. The number of benzene rings is 3. The second-order valence-corrected chi connectivity index (χ2v) is 11.3. The number of carbonyl (C=O) groups excluding carboxylic acids is 1. The molecule has 1 amide bonds. The molecule has 3 aromatic carbocycles. The van der Waals surface area contributed by atoms with Gasteiger partial charge >= 0.3 is 0 Å². The Morgan fingerprint density at radius 1 is 0.913 bits per heavy atom. The highest BCUT2D eigenvalue weighted by Crippen LogP contribution is 2.29. The van der Waals surface area contributed by atoms with Gasteiger partial charge in [0.1, 0.15) is 17.1 Å². The van der Waals surface area contributed by atoms with Crippen LogP contribution in [0.25, 0.3) is 5.69 Å². The number of nitrogens with zero attached hydrogens (tertiary/aromatic N) is 4. The number of rotatable bonds is 12. The number of anilines is 3. The van der Waals surface area contributed by atoms with Gasteiger partial charge in [0.25, 0.3) is 5.91 Å². The average Bonchev–Trinajstić information content (AvgIpc) is 3.61. The van der Waals surface area contributed by atoms with Crippen molar-refractivity contribution in [3.8, 4) is 23.1 Å². The second-order valence-electron chi connectivity index (χ2n) is 11.3. The van der Waals surface area contributed by atoms with Crippen LogP contribution in [0.3, 0.4) is 0 Å². The molecule has 5 aromatic rings. The van der Waals surface area contributed by atoms with Crippen LogP contribution in [0.1, 0.15) is 27.9 Å². The SMILES string of the molecule is Cc1cccc(C)c1NC(=O)c1cnc(Nc2cccc(OCCCN3CCNCC3)c2)nc1Oc1ccc(-n2cccc2)cc1. The Morgan fingerprint density at radius 2 is 1.65 bits per heavy atom. The zero-order valence-electron chi connectivity index (χ0n) is 26.2. The van der Waals surface area contributed by atoms with Gasteiger partial charge in [-0.05, 0) is 79.9 Å². The van der Waals surface area contributed by atoms with Crippen molar-refractivity contribution >= 4 is 23.2 Å². The lowest BCUT2D eigenvalue weighted by atomic mass is 10.1. The van der Waals surface area contributed by atoms with Crippen molar-refractivity contribution in [1.82, 2.24) is 24.8 Å². The van der Waals surface area contributed by atoms with Gasteiger partial charge in [0.05, 0.1) is 6.61 Å². The van der Waals surface area contributed by atoms with Crippen molar-refractivity contribution in [2.24, 2.45) is 0 Å². The fourth-order valence-electron chi connectivity index (χ4n) is 5.36. The number of carbonyl (C=O) groups is 1. The summed E-state index contributed by atoms with van der Waals surface area (Å²) in [7, 11) is 0. The van der Waals surface area contributed by atoms with Crippen molar-refractivity contribution in [3.05, 3.63) is 114 Å². The fraction of sp³-hybridized carbons (Fsp3) is 0.250. The van der Waals surface area contributed by atoms with Crippen LogP contribution < -0.4 is 25.4 Å². The van der Waals surface area contributed by atoms with Gasteiger partial charge in [0, 0.05) is 74.4 Å². The van der Waals surface area contributed by atoms with E-state index in [-0.39, 0.29) is 17.4 Å². The van der Waals surface area contributed by atoms with Crippen LogP contribution in [-0.4, -0.2) is 64.7 Å². The Bertz CT molecular complexity index is 1730. The number of amides is 1. The molecule has 236 valence electrons. The van der Waals surface area contributed by atoms with Crippen LogP contribution in [0.4, 0.5) is 17.3 Å². The molecule has 0 bridgehead atoms. The lowest BCUT2D eigenvalue weighted by molar-refractivity contribution is 0.102. The fourth-order valence-corrected chi connectivity index (χ4v) is 5.36. The Morgan fingerprint density at radius 3 is 2.41 bits per heavy atom. The van der Waals surface area contributed by atoms with E-state index in [1.165, 1.54) is 6.20 Å². The third-order valence-corrected chi connectivity index (χ3v) is 7.86. The molecule has 0 unspecified atom stereocenters. The molecule has 1 aliphatic rings. The van der Waals surface area contributed by atoms with Gasteiger partial charge in [-0.3, -0.25) is 4.79 Å². The lowest BCUT2D eigenvalue weighted by Crippen LogP contribution is -2.43. The van der Waals surface area contributed by atoms with Gasteiger partial charge in [-0.1, -0.05) is 24.3 Å². The summed E-state index contributed by atoms with van der Waals surface area (Å²) in [5, 5.41) is 9.65. The van der Waals surface area contributed by atoms with Gasteiger partial charge in [-0.2, -0.15) is 4.98 Å². The number of hydrogen-bond donors (Lipinski definition) is 3. The van der Waals surface area contributed by atoms with Crippen molar-refractivity contribution in [1.29, 1.82) is 0 Å². The number of nitrogens with one attached hydrogen (secondary N) is 3. The van der Waals surface area contributed by atoms with Gasteiger partial charge < -0.3 is 34.9 Å². The molecule has 0 saturated carbocycles. The first kappa shape index (κ1) is 30.8. The molecule has 0 spiro atoms. The molecule has 0 radical (unpaired) electrons. The van der Waals surface area contributed by atoms with Crippen LogP contribution in [0.5, 0.6) is 17.4 Å². The van der Waals surface area contributed by atoms with Gasteiger partial charge in [0.2, 0.25) is 11.8 Å². The predicted molar refractivity (Wildman–Crippen MR) is 181 cm³/mol. The molecule has 2 aromatic heterocycles. The van der Waals surface area contributed by atoms with E-state index >= 15 is 0 Å². The predicted octanol–water partition coefficient (Wildman–Crippen LogP) is 6.35. The van der Waals surface area contributed by atoms with Gasteiger partial charge in [-0.25, -0.2) is 4.98 Å². The van der Waals surface area contributed by atoms with E-state index in [0.717, 1.165) is 73.1 Å². The number of aryl methyl sites for hydroxylation is 2. The summed E-state index contributed by atoms with van der Waals surface area (Å²) in [4.78, 5) is 25.1. The van der Waals surface area contributed by atoms with Gasteiger partial charge in [0.15, 0.2) is 0 Å². The molecule has 0 aliphatic carbocycles. The van der Waals surface area contributed by atoms with Crippen LogP contribution in [0.15, 0.2) is 97.5 Å². The maximum atomic E-state index is 13.6. The molecule has 3 heterocycles. The molecule has 6 rings (SSSR count). The van der Waals surface area contributed by atoms with Gasteiger partial charge in [-0.15, -0.1) is 0 Å². The van der Waals surface area contributed by atoms with E-state index in [1.807, 2.05) is 110 Å². The van der Waals surface area contributed by atoms with Crippen LogP contribution in [-0.2, 0) is 0 Å². The number of ether oxygens (including phenoxy) is 2. The largest absolute Gasteiger partial charge is 0.493 e. The first-order valence-electron chi connectivity index (χ1n) is 15.6. The Kier molecular flexibility index (Phi) is 9.87. The van der Waals surface area contributed by atoms with Crippen LogP contribution in [0.2, 0.25) is 0 Å². The zero-order chi connectivity index (χ0) is 31.7. The highest BCUT2D eigenvalue weighted by molar-refractivity contribution is 6.06. The van der Waals surface area contributed by atoms with Crippen LogP contribution >= 0.6 is 0 Å². The summed E-state index contributed by atoms with van der Waals surface area (Å²) >= 11 is 0. The normalized spacial score (nSPS) is 13.3. The standard InChI is InChI=1S/C36H39N7O3/c1-26-8-5-9-27(2)33(26)40-34(44)32-25-38-36(41-35(32)46-30-14-12-29(13-15-30)43-19-3-4-20-43)39-28-10-6-11-31(24-28)45-23-7-18-42-21-16-37-17-22-42/h3-6,8-15,19-20,24-25,37H,7,16-18,21-23H2,1-2H3,(H,40,44)(H,38,39,41). The maximum Gasteiger partial charge on any atom is 0.262 e. The van der Waals surface area contributed by atoms with E-state index in [1.54, 1.807) is 0 Å². The highest BCUT2D eigenvalue weighted by atomic mass is 16.5. The van der Waals surface area contributed by atoms with E-state index < -0.39 is 0 Å². The molecule has 1 fully saturated rings. The van der Waals surface area contributed by atoms with E-state index in [0.29, 0.717) is 18.3 Å². The van der Waals surface area contributed by atoms with Crippen molar-refractivity contribution in [2.45, 2.75) is 20.3 Å². The average molecular weight is 618 g/mol. The van der Waals surface area contributed by atoms with Crippen molar-refractivity contribution in [2.75, 3.05) is 50.0 Å². The molecule has 46 heavy (non-hydrogen) atoms. The Labute approximate surface area is 269 Å². The summed E-state index contributed by atoms with van der Waals surface area (Å²) < 4.78 is 14.3. The number of aromatic nitrogens is 3. The zero-order valence-corrected chi connectivity index (χ0v) is 26.2. The number of piperazine rings is 1. The molecular weight excluding hydrogens is 578 g/mol. The lowest BCUT2D eigenvalue weighted by Gasteiger charge is -2.26. The van der Waals surface area contributed by atoms with E-state index in [2.05, 4.69) is 30.8 Å². The monoisotopic (exact) mass is 617 g/mol. The highest BCUT2D eigenvalue weighted by Gasteiger charge is 2.19. The summed E-state index contributed by atoms with van der Waals surface area (Å²) in [5.41, 5.74) is 4.63. The van der Waals surface area contributed by atoms with Crippen molar-refractivity contribution < 1.29 is 14.3 Å².